The van der Waals surface area contributed by atoms with Crippen LogP contribution >= 0.6 is 0 Å². The van der Waals surface area contributed by atoms with E-state index in [1.165, 1.54) is 6.07 Å². The summed E-state index contributed by atoms with van der Waals surface area (Å²) in [6.45, 7) is 4.69. The van der Waals surface area contributed by atoms with Crippen molar-refractivity contribution in [1.29, 1.82) is 0 Å². The van der Waals surface area contributed by atoms with Crippen LogP contribution in [0.15, 0.2) is 24.8 Å². The lowest BCUT2D eigenvalue weighted by Crippen LogP contribution is -2.47. The number of carbonyl (C=O) groups excluding carboxylic acids is 1. The van der Waals surface area contributed by atoms with E-state index in [2.05, 4.69) is 6.58 Å². The number of aryl methyl sites for hydroxylation is 1. The molecule has 0 saturated carbocycles. The van der Waals surface area contributed by atoms with E-state index < -0.39 is 35.3 Å². The van der Waals surface area contributed by atoms with Crippen molar-refractivity contribution in [3.8, 4) is 5.75 Å². The summed E-state index contributed by atoms with van der Waals surface area (Å²) in [6.07, 6.45) is 1.73. The molecule has 0 aliphatic carbocycles. The molecule has 1 aromatic rings. The lowest BCUT2D eigenvalue weighted by molar-refractivity contribution is -0.237. The monoisotopic (exact) mass is 358 g/mol. The Morgan fingerprint density at radius 2 is 2.04 bits per heavy atom. The smallest absolute Gasteiger partial charge is 0.368 e. The molecule has 0 bridgehead atoms. The van der Waals surface area contributed by atoms with Gasteiger partial charge in [-0.1, -0.05) is 25.5 Å². The number of esters is 1. The predicted molar refractivity (Wildman–Crippen MR) is 85.0 cm³/mol. The summed E-state index contributed by atoms with van der Waals surface area (Å²) in [5.74, 6) is -3.97. The Morgan fingerprint density at radius 1 is 1.36 bits per heavy atom. The van der Waals surface area contributed by atoms with Crippen molar-refractivity contribution in [2.45, 2.75) is 44.6 Å². The predicted octanol–water partition coefficient (Wildman–Crippen LogP) is 3.87. The third-order valence-corrected chi connectivity index (χ3v) is 3.83. The van der Waals surface area contributed by atoms with Crippen molar-refractivity contribution >= 4 is 5.97 Å². The number of halogens is 3. The summed E-state index contributed by atoms with van der Waals surface area (Å²) in [5.41, 5.74) is -1.50. The Balaban J connectivity index is 1.99. The van der Waals surface area contributed by atoms with Gasteiger partial charge in [0.15, 0.2) is 17.2 Å². The number of allylic oxidation sites excluding steroid dienone is 1. The normalized spacial score (nSPS) is 23.3. The highest BCUT2D eigenvalue weighted by atomic mass is 19.2. The van der Waals surface area contributed by atoms with Gasteiger partial charge in [-0.2, -0.15) is 4.39 Å². The topological polar surface area (TPSA) is 44.8 Å². The molecule has 2 rings (SSSR count). The molecule has 138 valence electrons. The van der Waals surface area contributed by atoms with Gasteiger partial charge in [-0.25, -0.2) is 13.6 Å². The molecule has 1 heterocycles. The Labute approximate surface area is 144 Å². The summed E-state index contributed by atoms with van der Waals surface area (Å²) in [4.78, 5) is 12.0. The molecule has 1 fully saturated rings. The summed E-state index contributed by atoms with van der Waals surface area (Å²) < 4.78 is 57.0. The van der Waals surface area contributed by atoms with Gasteiger partial charge in [0.1, 0.15) is 0 Å². The first-order chi connectivity index (χ1) is 11.9. The van der Waals surface area contributed by atoms with Crippen LogP contribution in [-0.4, -0.2) is 31.1 Å². The summed E-state index contributed by atoms with van der Waals surface area (Å²) in [6, 6.07) is 2.50. The third kappa shape index (κ3) is 4.83. The molecule has 25 heavy (non-hydrogen) atoms. The van der Waals surface area contributed by atoms with E-state index in [1.54, 1.807) is 6.08 Å². The molecule has 4 nitrogen and oxygen atoms in total. The van der Waals surface area contributed by atoms with Gasteiger partial charge in [0.2, 0.25) is 5.82 Å². The molecule has 1 saturated heterocycles. The average molecular weight is 358 g/mol. The van der Waals surface area contributed by atoms with Crippen LogP contribution < -0.4 is 4.74 Å². The number of alkyl halides is 1. The molecule has 1 aliphatic rings. The highest BCUT2D eigenvalue weighted by Gasteiger charge is 2.39. The van der Waals surface area contributed by atoms with Crippen LogP contribution in [0.2, 0.25) is 0 Å². The minimum Gasteiger partial charge on any atom is -0.420 e. The van der Waals surface area contributed by atoms with Crippen molar-refractivity contribution in [2.24, 2.45) is 0 Å². The van der Waals surface area contributed by atoms with Gasteiger partial charge >= 0.3 is 5.97 Å². The van der Waals surface area contributed by atoms with Gasteiger partial charge < -0.3 is 14.2 Å². The molecule has 1 aromatic carbocycles. The first kappa shape index (κ1) is 19.5. The highest BCUT2D eigenvalue weighted by Crippen LogP contribution is 2.27. The van der Waals surface area contributed by atoms with E-state index in [-0.39, 0.29) is 31.6 Å². The lowest BCUT2D eigenvalue weighted by atomic mass is 10.0. The van der Waals surface area contributed by atoms with Crippen LogP contribution in [0.1, 0.15) is 31.7 Å². The molecule has 0 aromatic heterocycles. The van der Waals surface area contributed by atoms with Crippen LogP contribution in [0.25, 0.3) is 0 Å². The zero-order valence-electron chi connectivity index (χ0n) is 14.0. The Bertz CT molecular complexity index is 625. The molecule has 0 unspecified atom stereocenters. The minimum absolute atomic E-state index is 0.157. The van der Waals surface area contributed by atoms with Crippen molar-refractivity contribution in [3.05, 3.63) is 42.0 Å². The minimum atomic E-state index is -1.66. The first-order valence-corrected chi connectivity index (χ1v) is 8.12. The maximum atomic E-state index is 14.2. The van der Waals surface area contributed by atoms with Crippen LogP contribution in [0.5, 0.6) is 5.75 Å². The SMILES string of the molecule is C=CCCc1ccc(OC(=O)C2OCC(F)(CCC)CO2)c(F)c1F. The molecular formula is C18H21F3O4. The summed E-state index contributed by atoms with van der Waals surface area (Å²) in [7, 11) is 0. The molecule has 0 N–H and O–H groups in total. The Morgan fingerprint density at radius 3 is 2.64 bits per heavy atom. The van der Waals surface area contributed by atoms with E-state index in [1.807, 2.05) is 6.92 Å². The number of hydrogen-bond donors (Lipinski definition) is 0. The van der Waals surface area contributed by atoms with E-state index in [9.17, 15) is 18.0 Å². The number of benzene rings is 1. The average Bonchev–Trinajstić information content (AvgIpc) is 2.59. The van der Waals surface area contributed by atoms with E-state index in [0.29, 0.717) is 12.8 Å². The van der Waals surface area contributed by atoms with Crippen LogP contribution in [-0.2, 0) is 20.7 Å². The second kappa shape index (κ2) is 8.49. The van der Waals surface area contributed by atoms with E-state index in [0.717, 1.165) is 6.07 Å². The van der Waals surface area contributed by atoms with Crippen molar-refractivity contribution in [1.82, 2.24) is 0 Å². The van der Waals surface area contributed by atoms with Crippen molar-refractivity contribution in [2.75, 3.05) is 13.2 Å². The van der Waals surface area contributed by atoms with Crippen LogP contribution in [0.4, 0.5) is 13.2 Å². The Kier molecular flexibility index (Phi) is 6.61. The number of hydrogen-bond acceptors (Lipinski definition) is 4. The van der Waals surface area contributed by atoms with Crippen LogP contribution in [0.3, 0.4) is 0 Å². The largest absolute Gasteiger partial charge is 0.420 e. The summed E-state index contributed by atoms with van der Waals surface area (Å²) in [5, 5.41) is 0. The standard InChI is InChI=1S/C18H21F3O4/c1-3-5-6-12-7-8-13(15(20)14(12)19)25-16(22)17-23-10-18(21,9-4-2)11-24-17/h3,7-8,17H,1,4-6,9-11H2,2H3. The maximum absolute atomic E-state index is 14.2. The van der Waals surface area contributed by atoms with Gasteiger partial charge in [0.05, 0.1) is 13.2 Å². The molecule has 0 atom stereocenters. The van der Waals surface area contributed by atoms with E-state index in [4.69, 9.17) is 14.2 Å². The molecule has 7 heteroatoms. The second-order valence-electron chi connectivity index (χ2n) is 5.95. The fraction of sp³-hybridized carbons (Fsp3) is 0.500. The first-order valence-electron chi connectivity index (χ1n) is 8.12. The highest BCUT2D eigenvalue weighted by molar-refractivity contribution is 5.76. The van der Waals surface area contributed by atoms with Gasteiger partial charge in [-0.15, -0.1) is 6.58 Å². The maximum Gasteiger partial charge on any atom is 0.368 e. The van der Waals surface area contributed by atoms with Gasteiger partial charge in [-0.3, -0.25) is 0 Å². The zero-order chi connectivity index (χ0) is 18.4. The number of rotatable bonds is 7. The van der Waals surface area contributed by atoms with Crippen LogP contribution in [0, 0.1) is 11.6 Å². The molecule has 0 amide bonds. The fourth-order valence-electron chi connectivity index (χ4n) is 2.53. The third-order valence-electron chi connectivity index (χ3n) is 3.83. The fourth-order valence-corrected chi connectivity index (χ4v) is 2.53. The quantitative estimate of drug-likeness (QED) is 0.422. The van der Waals surface area contributed by atoms with E-state index >= 15 is 0 Å². The number of ether oxygens (including phenoxy) is 3. The van der Waals surface area contributed by atoms with Crippen molar-refractivity contribution in [3.63, 3.8) is 0 Å². The Hall–Kier alpha value is -1.86. The summed E-state index contributed by atoms with van der Waals surface area (Å²) >= 11 is 0. The molecular weight excluding hydrogens is 337 g/mol. The lowest BCUT2D eigenvalue weighted by Gasteiger charge is -2.32. The molecule has 1 aliphatic heterocycles. The van der Waals surface area contributed by atoms with Gasteiger partial charge in [0, 0.05) is 0 Å². The second-order valence-corrected chi connectivity index (χ2v) is 5.95. The molecule has 0 radical (unpaired) electrons. The number of carbonyl (C=O) groups is 1. The van der Waals surface area contributed by atoms with Gasteiger partial charge in [0.25, 0.3) is 6.29 Å². The van der Waals surface area contributed by atoms with Crippen molar-refractivity contribution < 1.29 is 32.2 Å². The molecule has 0 spiro atoms. The van der Waals surface area contributed by atoms with Gasteiger partial charge in [-0.05, 0) is 30.9 Å². The zero-order valence-corrected chi connectivity index (χ0v) is 14.0.